The molecule has 13 heavy (non-hydrogen) atoms. The average molecular weight is 205 g/mol. The summed E-state index contributed by atoms with van der Waals surface area (Å²) in [5.74, 6) is 0.124. The largest absolute Gasteiger partial charge is 0.390 e. The van der Waals surface area contributed by atoms with Gasteiger partial charge in [-0.2, -0.15) is 0 Å². The van der Waals surface area contributed by atoms with Gasteiger partial charge in [-0.3, -0.25) is 4.79 Å². The number of carbonyl (C=O) groups excluding carboxylic acids is 1. The van der Waals surface area contributed by atoms with Crippen LogP contribution in [-0.2, 0) is 4.79 Å². The molecule has 1 aliphatic rings. The van der Waals surface area contributed by atoms with Gasteiger partial charge in [-0.25, -0.2) is 0 Å². The summed E-state index contributed by atoms with van der Waals surface area (Å²) in [6.07, 6.45) is 1.90. The summed E-state index contributed by atoms with van der Waals surface area (Å²) in [6.45, 7) is 5.27. The Morgan fingerprint density at radius 2 is 2.15 bits per heavy atom. The van der Waals surface area contributed by atoms with E-state index in [1.807, 2.05) is 0 Å². The van der Waals surface area contributed by atoms with Crippen molar-refractivity contribution in [2.24, 2.45) is 5.92 Å². The molecule has 3 heteroatoms. The zero-order chi connectivity index (χ0) is 10.3. The quantitative estimate of drug-likeness (QED) is 0.665. The number of rotatable bonds is 1. The number of hydrogen-bond acceptors (Lipinski definition) is 2. The lowest BCUT2D eigenvalue weighted by atomic mass is 9.74. The molecule has 1 rings (SSSR count). The van der Waals surface area contributed by atoms with E-state index in [2.05, 4.69) is 0 Å². The lowest BCUT2D eigenvalue weighted by Gasteiger charge is -2.37. The van der Waals surface area contributed by atoms with Crippen molar-refractivity contribution in [3.8, 4) is 0 Å². The molecule has 0 aromatic rings. The lowest BCUT2D eigenvalue weighted by molar-refractivity contribution is -0.127. The smallest absolute Gasteiger partial charge is 0.153 e. The Labute approximate surface area is 84.3 Å². The van der Waals surface area contributed by atoms with E-state index in [-0.39, 0.29) is 11.7 Å². The lowest BCUT2D eigenvalue weighted by Crippen LogP contribution is -2.43. The standard InChI is InChI=1S/C10H17ClO2/c1-9(2,13)7-4-5-10(3,11)8(12)6-7/h7,13H,4-6H2,1-3H3/t7-,10+/m1/s1. The second kappa shape index (κ2) is 3.25. The molecular weight excluding hydrogens is 188 g/mol. The Morgan fingerprint density at radius 1 is 1.62 bits per heavy atom. The summed E-state index contributed by atoms with van der Waals surface area (Å²) in [7, 11) is 0. The molecule has 0 amide bonds. The number of Topliss-reactive ketones (excluding diaryl/α,β-unsaturated/α-hetero) is 1. The third-order valence-corrected chi connectivity index (χ3v) is 3.37. The number of hydrogen-bond donors (Lipinski definition) is 1. The highest BCUT2D eigenvalue weighted by atomic mass is 35.5. The Morgan fingerprint density at radius 3 is 2.54 bits per heavy atom. The summed E-state index contributed by atoms with van der Waals surface area (Å²) < 4.78 is 0. The highest BCUT2D eigenvalue weighted by Crippen LogP contribution is 2.38. The van der Waals surface area contributed by atoms with Crippen LogP contribution in [0.4, 0.5) is 0 Å². The van der Waals surface area contributed by atoms with Crippen LogP contribution in [0, 0.1) is 5.92 Å². The first-order valence-electron chi connectivity index (χ1n) is 4.68. The number of ketones is 1. The molecule has 1 fully saturated rings. The van der Waals surface area contributed by atoms with E-state index in [1.165, 1.54) is 0 Å². The summed E-state index contributed by atoms with van der Waals surface area (Å²) in [5.41, 5.74) is -0.761. The van der Waals surface area contributed by atoms with Crippen molar-refractivity contribution in [3.05, 3.63) is 0 Å². The summed E-state index contributed by atoms with van der Waals surface area (Å²) in [5, 5.41) is 9.74. The maximum atomic E-state index is 11.5. The number of carbonyl (C=O) groups is 1. The van der Waals surface area contributed by atoms with Crippen LogP contribution in [0.3, 0.4) is 0 Å². The van der Waals surface area contributed by atoms with Crippen molar-refractivity contribution in [2.75, 3.05) is 0 Å². The zero-order valence-electron chi connectivity index (χ0n) is 8.43. The van der Waals surface area contributed by atoms with E-state index in [4.69, 9.17) is 11.6 Å². The monoisotopic (exact) mass is 204 g/mol. The molecule has 0 radical (unpaired) electrons. The fraction of sp³-hybridized carbons (Fsp3) is 0.900. The maximum Gasteiger partial charge on any atom is 0.153 e. The summed E-state index contributed by atoms with van der Waals surface area (Å²) in [4.78, 5) is 10.8. The molecule has 0 unspecified atom stereocenters. The van der Waals surface area contributed by atoms with Crippen LogP contribution in [0.25, 0.3) is 0 Å². The van der Waals surface area contributed by atoms with Gasteiger partial charge in [0.05, 0.1) is 10.5 Å². The molecule has 0 aliphatic heterocycles. The van der Waals surface area contributed by atoms with E-state index in [9.17, 15) is 9.90 Å². The highest BCUT2D eigenvalue weighted by molar-refractivity contribution is 6.35. The van der Waals surface area contributed by atoms with Crippen LogP contribution in [0.5, 0.6) is 0 Å². The van der Waals surface area contributed by atoms with Gasteiger partial charge in [0.2, 0.25) is 0 Å². The van der Waals surface area contributed by atoms with Gasteiger partial charge in [-0.05, 0) is 39.5 Å². The fourth-order valence-electron chi connectivity index (χ4n) is 1.73. The predicted molar refractivity (Wildman–Crippen MR) is 52.9 cm³/mol. The van der Waals surface area contributed by atoms with E-state index in [0.717, 1.165) is 6.42 Å². The molecule has 0 aromatic heterocycles. The summed E-state index contributed by atoms with van der Waals surface area (Å²) in [6, 6.07) is 0. The molecule has 0 saturated heterocycles. The van der Waals surface area contributed by atoms with Crippen molar-refractivity contribution < 1.29 is 9.90 Å². The van der Waals surface area contributed by atoms with Crippen molar-refractivity contribution in [2.45, 2.75) is 50.5 Å². The first kappa shape index (κ1) is 11.0. The van der Waals surface area contributed by atoms with Crippen LogP contribution < -0.4 is 0 Å². The van der Waals surface area contributed by atoms with Crippen LogP contribution in [-0.4, -0.2) is 21.4 Å². The molecule has 76 valence electrons. The number of aliphatic hydroxyl groups is 1. The van der Waals surface area contributed by atoms with Gasteiger partial charge < -0.3 is 5.11 Å². The topological polar surface area (TPSA) is 37.3 Å². The number of alkyl halides is 1. The molecule has 1 N–H and O–H groups in total. The average Bonchev–Trinajstić information content (AvgIpc) is 1.92. The molecule has 0 bridgehead atoms. The van der Waals surface area contributed by atoms with Crippen LogP contribution >= 0.6 is 11.6 Å². The molecular formula is C10H17ClO2. The van der Waals surface area contributed by atoms with Crippen molar-refractivity contribution in [3.63, 3.8) is 0 Å². The molecule has 0 aromatic carbocycles. The minimum Gasteiger partial charge on any atom is -0.390 e. The van der Waals surface area contributed by atoms with Crippen LogP contribution in [0.15, 0.2) is 0 Å². The molecule has 0 spiro atoms. The molecule has 0 heterocycles. The van der Waals surface area contributed by atoms with Crippen molar-refractivity contribution in [1.82, 2.24) is 0 Å². The first-order chi connectivity index (χ1) is 5.73. The minimum atomic E-state index is -0.761. The molecule has 2 atom stereocenters. The van der Waals surface area contributed by atoms with E-state index in [1.54, 1.807) is 20.8 Å². The second-order valence-corrected chi connectivity index (χ2v) is 5.55. The SMILES string of the molecule is CC(C)(O)[C@@H]1CC[C@](C)(Cl)C(=O)C1. The van der Waals surface area contributed by atoms with Crippen LogP contribution in [0.1, 0.15) is 40.0 Å². The van der Waals surface area contributed by atoms with Crippen molar-refractivity contribution >= 4 is 17.4 Å². The van der Waals surface area contributed by atoms with E-state index >= 15 is 0 Å². The van der Waals surface area contributed by atoms with Gasteiger partial charge in [0.15, 0.2) is 5.78 Å². The zero-order valence-corrected chi connectivity index (χ0v) is 9.19. The van der Waals surface area contributed by atoms with Gasteiger partial charge in [0, 0.05) is 6.42 Å². The van der Waals surface area contributed by atoms with Crippen molar-refractivity contribution in [1.29, 1.82) is 0 Å². The Kier molecular flexibility index (Phi) is 2.75. The third kappa shape index (κ3) is 2.44. The fourth-order valence-corrected chi connectivity index (χ4v) is 1.91. The molecule has 1 aliphatic carbocycles. The highest BCUT2D eigenvalue weighted by Gasteiger charge is 2.41. The molecule has 1 saturated carbocycles. The van der Waals surface area contributed by atoms with Gasteiger partial charge >= 0.3 is 0 Å². The second-order valence-electron chi connectivity index (χ2n) is 4.71. The number of halogens is 1. The Bertz CT molecular complexity index is 215. The van der Waals surface area contributed by atoms with E-state index in [0.29, 0.717) is 12.8 Å². The van der Waals surface area contributed by atoms with Gasteiger partial charge in [0.1, 0.15) is 0 Å². The third-order valence-electron chi connectivity index (χ3n) is 2.97. The van der Waals surface area contributed by atoms with E-state index < -0.39 is 10.5 Å². The Balaban J connectivity index is 2.67. The normalized spacial score (nSPS) is 36.4. The minimum absolute atomic E-state index is 0.0619. The van der Waals surface area contributed by atoms with Gasteiger partial charge in [-0.1, -0.05) is 0 Å². The van der Waals surface area contributed by atoms with Crippen LogP contribution in [0.2, 0.25) is 0 Å². The first-order valence-corrected chi connectivity index (χ1v) is 5.06. The maximum absolute atomic E-state index is 11.5. The Hall–Kier alpha value is -0.0800. The predicted octanol–water partition coefficient (Wildman–Crippen LogP) is 2.12. The molecule has 2 nitrogen and oxygen atoms in total. The van der Waals surface area contributed by atoms with Gasteiger partial charge in [0.25, 0.3) is 0 Å². The van der Waals surface area contributed by atoms with Gasteiger partial charge in [-0.15, -0.1) is 11.6 Å². The summed E-state index contributed by atoms with van der Waals surface area (Å²) >= 11 is 6.01.